The molecule has 1 aromatic heterocycles. The molecule has 2 bridgehead atoms. The smallest absolute Gasteiger partial charge is 0.238 e. The van der Waals surface area contributed by atoms with Gasteiger partial charge in [0, 0.05) is 31.6 Å². The van der Waals surface area contributed by atoms with Gasteiger partial charge >= 0.3 is 0 Å². The van der Waals surface area contributed by atoms with Gasteiger partial charge in [-0.15, -0.1) is 0 Å². The van der Waals surface area contributed by atoms with Crippen molar-refractivity contribution in [1.82, 2.24) is 14.7 Å². The largest absolute Gasteiger partial charge is 0.468 e. The highest BCUT2D eigenvalue weighted by atomic mass is 16.5. The molecule has 0 radical (unpaired) electrons. The van der Waals surface area contributed by atoms with Crippen LogP contribution in [0.3, 0.4) is 0 Å². The second-order valence-electron chi connectivity index (χ2n) is 8.37. The Morgan fingerprint density at radius 1 is 1.34 bits per heavy atom. The highest BCUT2D eigenvalue weighted by Crippen LogP contribution is 2.50. The maximum atomic E-state index is 13.3. The highest BCUT2D eigenvalue weighted by molar-refractivity contribution is 6.01. The van der Waals surface area contributed by atoms with E-state index >= 15 is 0 Å². The molecule has 3 atom stereocenters. The molecule has 1 aromatic carbocycles. The first-order valence-electron chi connectivity index (χ1n) is 10.1. The predicted octanol–water partition coefficient (Wildman–Crippen LogP) is 2.20. The number of fused-ring (bicyclic) bond motifs is 4. The molecule has 2 aliphatic rings. The van der Waals surface area contributed by atoms with E-state index in [0.29, 0.717) is 13.0 Å². The Balaban J connectivity index is 1.60. The maximum absolute atomic E-state index is 13.3. The summed E-state index contributed by atoms with van der Waals surface area (Å²) in [7, 11) is 1.94. The molecule has 0 spiro atoms. The number of carbonyl (C=O) groups excluding carboxylic acids is 2. The number of hydrogen-bond acceptors (Lipinski definition) is 4. The van der Waals surface area contributed by atoms with Crippen LogP contribution >= 0.6 is 0 Å². The molecule has 1 saturated heterocycles. The lowest BCUT2D eigenvalue weighted by Crippen LogP contribution is -2.64. The zero-order chi connectivity index (χ0) is 20.9. The molecule has 154 valence electrons. The summed E-state index contributed by atoms with van der Waals surface area (Å²) >= 11 is 0. The van der Waals surface area contributed by atoms with Crippen LogP contribution in [0.25, 0.3) is 0 Å². The van der Waals surface area contributed by atoms with Crippen molar-refractivity contribution in [2.45, 2.75) is 51.7 Å². The minimum atomic E-state index is -0.852. The van der Waals surface area contributed by atoms with Crippen LogP contribution in [0, 0.1) is 19.8 Å². The molecule has 3 unspecified atom stereocenters. The summed E-state index contributed by atoms with van der Waals surface area (Å²) in [5, 5.41) is 4.47. The summed E-state index contributed by atoms with van der Waals surface area (Å²) in [5.74, 6) is -1.16. The summed E-state index contributed by atoms with van der Waals surface area (Å²) < 4.78 is 8.17. The Morgan fingerprint density at radius 2 is 2.07 bits per heavy atom. The van der Waals surface area contributed by atoms with E-state index in [1.54, 1.807) is 4.90 Å². The molecule has 2 aromatic rings. The molecule has 2 N–H and O–H groups in total. The Hall–Kier alpha value is -2.83. The van der Waals surface area contributed by atoms with Crippen molar-refractivity contribution in [3.8, 4) is 5.75 Å². The average molecular weight is 396 g/mol. The van der Waals surface area contributed by atoms with E-state index in [-0.39, 0.29) is 11.8 Å². The minimum absolute atomic E-state index is 0.231. The number of para-hydroxylation sites is 1. The zero-order valence-electron chi connectivity index (χ0n) is 17.4. The van der Waals surface area contributed by atoms with Gasteiger partial charge in [-0.25, -0.2) is 0 Å². The Kier molecular flexibility index (Phi) is 4.63. The normalized spacial score (nSPS) is 25.5. The van der Waals surface area contributed by atoms with E-state index in [4.69, 9.17) is 10.5 Å². The SMILES string of the molecule is Cc1nn(C)c(C)c1CCCN1C(=O)C(C(N)=O)C2CC1(C)Oc1ccccc12. The number of nitrogens with two attached hydrogens (primary N) is 1. The number of amides is 2. The summed E-state index contributed by atoms with van der Waals surface area (Å²) in [6.07, 6.45) is 2.14. The van der Waals surface area contributed by atoms with Gasteiger partial charge in [0.2, 0.25) is 11.8 Å². The average Bonchev–Trinajstić information content (AvgIpc) is 2.89. The number of aromatic nitrogens is 2. The third kappa shape index (κ3) is 3.09. The Morgan fingerprint density at radius 3 is 2.72 bits per heavy atom. The van der Waals surface area contributed by atoms with E-state index in [2.05, 4.69) is 12.0 Å². The molecule has 7 nitrogen and oxygen atoms in total. The number of aryl methyl sites for hydroxylation is 2. The Bertz CT molecular complexity index is 982. The number of carbonyl (C=O) groups is 2. The molecule has 2 amide bonds. The molecule has 7 heteroatoms. The molecular formula is C22H28N4O3. The van der Waals surface area contributed by atoms with Crippen LogP contribution < -0.4 is 10.5 Å². The van der Waals surface area contributed by atoms with Crippen LogP contribution in [0.4, 0.5) is 0 Å². The molecular weight excluding hydrogens is 368 g/mol. The van der Waals surface area contributed by atoms with Crippen LogP contribution in [0.1, 0.15) is 48.2 Å². The Labute approximate surface area is 170 Å². The summed E-state index contributed by atoms with van der Waals surface area (Å²) in [6.45, 7) is 6.50. The number of likely N-dealkylation sites (tertiary alicyclic amines) is 1. The molecule has 1 fully saturated rings. The lowest BCUT2D eigenvalue weighted by molar-refractivity contribution is -0.175. The van der Waals surface area contributed by atoms with Crippen molar-refractivity contribution in [3.05, 3.63) is 46.8 Å². The second kappa shape index (κ2) is 6.90. The fraction of sp³-hybridized carbons (Fsp3) is 0.500. The van der Waals surface area contributed by atoms with E-state index in [1.807, 2.05) is 49.8 Å². The van der Waals surface area contributed by atoms with Gasteiger partial charge in [-0.05, 0) is 50.8 Å². The van der Waals surface area contributed by atoms with E-state index in [0.717, 1.165) is 35.5 Å². The fourth-order valence-corrected chi connectivity index (χ4v) is 4.97. The minimum Gasteiger partial charge on any atom is -0.468 e. The van der Waals surface area contributed by atoms with Crippen LogP contribution in [0.5, 0.6) is 5.75 Å². The first kappa shape index (κ1) is 19.5. The van der Waals surface area contributed by atoms with Gasteiger partial charge in [-0.2, -0.15) is 5.10 Å². The first-order chi connectivity index (χ1) is 13.7. The number of rotatable bonds is 5. The van der Waals surface area contributed by atoms with Crippen molar-refractivity contribution in [2.75, 3.05) is 6.54 Å². The lowest BCUT2D eigenvalue weighted by Gasteiger charge is -2.52. The lowest BCUT2D eigenvalue weighted by atomic mass is 9.73. The van der Waals surface area contributed by atoms with Crippen LogP contribution in [0.15, 0.2) is 24.3 Å². The number of primary amides is 1. The van der Waals surface area contributed by atoms with Crippen LogP contribution in [-0.4, -0.2) is 38.8 Å². The van der Waals surface area contributed by atoms with Crippen LogP contribution in [0.2, 0.25) is 0 Å². The monoisotopic (exact) mass is 396 g/mol. The third-order valence-electron chi connectivity index (χ3n) is 6.53. The van der Waals surface area contributed by atoms with Gasteiger partial charge < -0.3 is 15.4 Å². The van der Waals surface area contributed by atoms with E-state index < -0.39 is 17.6 Å². The standard InChI is InChI=1S/C22H28N4O3/c1-13-15(14(2)25(4)24-13)9-7-11-26-21(28)19(20(23)27)17-12-22(26,3)29-18-10-6-5-8-16(17)18/h5-6,8,10,17,19H,7,9,11-12H2,1-4H3,(H2,23,27). The number of ether oxygens (including phenoxy) is 1. The zero-order valence-corrected chi connectivity index (χ0v) is 17.4. The highest BCUT2D eigenvalue weighted by Gasteiger charge is 2.55. The van der Waals surface area contributed by atoms with E-state index in [9.17, 15) is 9.59 Å². The number of nitrogens with zero attached hydrogens (tertiary/aromatic N) is 3. The van der Waals surface area contributed by atoms with Gasteiger partial charge in [0.05, 0.1) is 5.69 Å². The van der Waals surface area contributed by atoms with Crippen molar-refractivity contribution in [2.24, 2.45) is 18.7 Å². The van der Waals surface area contributed by atoms with Gasteiger partial charge in [-0.3, -0.25) is 14.3 Å². The quantitative estimate of drug-likeness (QED) is 0.785. The van der Waals surface area contributed by atoms with Crippen molar-refractivity contribution >= 4 is 11.8 Å². The topological polar surface area (TPSA) is 90.5 Å². The second-order valence-corrected chi connectivity index (χ2v) is 8.37. The molecule has 29 heavy (non-hydrogen) atoms. The fourth-order valence-electron chi connectivity index (χ4n) is 4.97. The number of benzene rings is 1. The van der Waals surface area contributed by atoms with Crippen LogP contribution in [-0.2, 0) is 23.1 Å². The van der Waals surface area contributed by atoms with Gasteiger partial charge in [0.25, 0.3) is 0 Å². The van der Waals surface area contributed by atoms with Gasteiger partial charge in [-0.1, -0.05) is 18.2 Å². The predicted molar refractivity (Wildman–Crippen MR) is 108 cm³/mol. The van der Waals surface area contributed by atoms with Crippen molar-refractivity contribution < 1.29 is 14.3 Å². The summed E-state index contributed by atoms with van der Waals surface area (Å²) in [4.78, 5) is 27.3. The van der Waals surface area contributed by atoms with Crippen molar-refractivity contribution in [3.63, 3.8) is 0 Å². The number of hydrogen-bond donors (Lipinski definition) is 1. The molecule has 2 aliphatic heterocycles. The first-order valence-corrected chi connectivity index (χ1v) is 10.1. The summed E-state index contributed by atoms with van der Waals surface area (Å²) in [5.41, 5.74) is 9.15. The molecule has 0 saturated carbocycles. The maximum Gasteiger partial charge on any atom is 0.238 e. The van der Waals surface area contributed by atoms with Gasteiger partial charge in [0.1, 0.15) is 11.7 Å². The van der Waals surface area contributed by atoms with Crippen molar-refractivity contribution in [1.29, 1.82) is 0 Å². The van der Waals surface area contributed by atoms with E-state index in [1.165, 1.54) is 5.56 Å². The molecule has 0 aliphatic carbocycles. The molecule has 4 rings (SSSR count). The third-order valence-corrected chi connectivity index (χ3v) is 6.53. The van der Waals surface area contributed by atoms with Gasteiger partial charge in [0.15, 0.2) is 5.72 Å². The number of piperidine rings is 1. The molecule has 3 heterocycles. The summed E-state index contributed by atoms with van der Waals surface area (Å²) in [6, 6.07) is 7.63.